The number of nitrogens with zero attached hydrogens (tertiary/aromatic N) is 2. The molecule has 1 saturated carbocycles. The van der Waals surface area contributed by atoms with Crippen molar-refractivity contribution in [1.29, 1.82) is 0 Å². The molecule has 2 aliphatic heterocycles. The number of nitrogens with one attached hydrogen (secondary N) is 3. The number of hydrogen-bond donors (Lipinski definition) is 3. The number of allylic oxidation sites excluding steroid dienone is 2. The van der Waals surface area contributed by atoms with Gasteiger partial charge in [0.1, 0.15) is 6.17 Å². The van der Waals surface area contributed by atoms with Gasteiger partial charge in [-0.15, -0.1) is 0 Å². The molecule has 6 nitrogen and oxygen atoms in total. The molecule has 0 spiro atoms. The van der Waals surface area contributed by atoms with E-state index in [1.54, 1.807) is 13.3 Å². The maximum absolute atomic E-state index is 14.3. The number of fused-ring (bicyclic) bond motifs is 1. The van der Waals surface area contributed by atoms with Crippen molar-refractivity contribution >= 4 is 23.0 Å². The summed E-state index contributed by atoms with van der Waals surface area (Å²) in [7, 11) is 1.70. The van der Waals surface area contributed by atoms with Crippen LogP contribution in [0.25, 0.3) is 5.57 Å². The molecule has 3 aliphatic rings. The number of dihydropyridines is 1. The third kappa shape index (κ3) is 3.29. The summed E-state index contributed by atoms with van der Waals surface area (Å²) in [6.45, 7) is 0. The van der Waals surface area contributed by atoms with Crippen LogP contribution in [-0.2, 0) is 4.74 Å². The lowest BCUT2D eigenvalue weighted by Crippen LogP contribution is -2.38. The van der Waals surface area contributed by atoms with Crippen LogP contribution in [0.15, 0.2) is 35.3 Å². The predicted octanol–water partition coefficient (Wildman–Crippen LogP) is 2.87. The standard InChI is InChI=1S/C18H21ClFN5O/c1-26-15-5-3-2-4-14(15)24-18-13(20)9-23-17(25-18)12-8-22-16-11(12)6-10(19)7-21-16/h6-9,14-16,21-22H,2-5H2,1H3,(H,23,24,25). The van der Waals surface area contributed by atoms with Gasteiger partial charge >= 0.3 is 0 Å². The third-order valence-corrected chi connectivity index (χ3v) is 5.23. The second-order valence-electron chi connectivity index (χ2n) is 6.65. The van der Waals surface area contributed by atoms with Crippen LogP contribution in [0.1, 0.15) is 31.5 Å². The summed E-state index contributed by atoms with van der Waals surface area (Å²) >= 11 is 6.09. The van der Waals surface area contributed by atoms with Crippen molar-refractivity contribution in [3.63, 3.8) is 0 Å². The van der Waals surface area contributed by atoms with Gasteiger partial charge in [-0.3, -0.25) is 0 Å². The lowest BCUT2D eigenvalue weighted by molar-refractivity contribution is 0.0604. The molecule has 26 heavy (non-hydrogen) atoms. The molecule has 0 aromatic carbocycles. The smallest absolute Gasteiger partial charge is 0.183 e. The van der Waals surface area contributed by atoms with Crippen LogP contribution in [0.4, 0.5) is 10.2 Å². The van der Waals surface area contributed by atoms with Crippen LogP contribution in [-0.4, -0.2) is 35.4 Å². The van der Waals surface area contributed by atoms with Crippen molar-refractivity contribution in [2.45, 2.75) is 44.0 Å². The molecular formula is C18H21ClFN5O. The van der Waals surface area contributed by atoms with E-state index >= 15 is 0 Å². The van der Waals surface area contributed by atoms with E-state index < -0.39 is 5.82 Å². The second-order valence-corrected chi connectivity index (χ2v) is 7.09. The largest absolute Gasteiger partial charge is 0.379 e. The lowest BCUT2D eigenvalue weighted by atomic mass is 9.92. The Morgan fingerprint density at radius 2 is 2.08 bits per heavy atom. The molecule has 3 heterocycles. The van der Waals surface area contributed by atoms with Crippen LogP contribution < -0.4 is 16.0 Å². The summed E-state index contributed by atoms with van der Waals surface area (Å²) in [6.07, 6.45) is 10.7. The Balaban J connectivity index is 1.60. The maximum atomic E-state index is 14.3. The molecule has 1 fully saturated rings. The number of methoxy groups -OCH3 is 1. The zero-order valence-corrected chi connectivity index (χ0v) is 15.2. The van der Waals surface area contributed by atoms with Gasteiger partial charge in [0.25, 0.3) is 0 Å². The van der Waals surface area contributed by atoms with Crippen molar-refractivity contribution in [2.75, 3.05) is 12.4 Å². The summed E-state index contributed by atoms with van der Waals surface area (Å²) in [5.41, 5.74) is 1.73. The highest BCUT2D eigenvalue weighted by Gasteiger charge is 2.29. The molecule has 0 bridgehead atoms. The fourth-order valence-electron chi connectivity index (χ4n) is 3.66. The van der Waals surface area contributed by atoms with Crippen molar-refractivity contribution in [2.24, 2.45) is 0 Å². The Bertz CT molecular complexity index is 794. The van der Waals surface area contributed by atoms with Crippen LogP contribution in [0.5, 0.6) is 0 Å². The number of ether oxygens (including phenoxy) is 1. The first-order valence-electron chi connectivity index (χ1n) is 8.78. The van der Waals surface area contributed by atoms with Crippen molar-refractivity contribution in [3.05, 3.63) is 46.9 Å². The molecular weight excluding hydrogens is 357 g/mol. The molecule has 8 heteroatoms. The molecule has 1 aliphatic carbocycles. The average Bonchev–Trinajstić information content (AvgIpc) is 3.07. The maximum Gasteiger partial charge on any atom is 0.183 e. The first-order chi connectivity index (χ1) is 12.7. The van der Waals surface area contributed by atoms with Gasteiger partial charge in [-0.05, 0) is 18.9 Å². The quantitative estimate of drug-likeness (QED) is 0.749. The molecule has 0 saturated heterocycles. The summed E-state index contributed by atoms with van der Waals surface area (Å²) in [6, 6.07) is 0.0439. The Morgan fingerprint density at radius 3 is 2.92 bits per heavy atom. The van der Waals surface area contributed by atoms with Gasteiger partial charge in [0.15, 0.2) is 17.5 Å². The fraction of sp³-hybridized carbons (Fsp3) is 0.444. The Kier molecular flexibility index (Phi) is 4.82. The van der Waals surface area contributed by atoms with E-state index in [1.807, 2.05) is 12.3 Å². The third-order valence-electron chi connectivity index (χ3n) is 5.01. The van der Waals surface area contributed by atoms with E-state index in [1.165, 1.54) is 6.20 Å². The zero-order valence-electron chi connectivity index (χ0n) is 14.4. The number of anilines is 1. The van der Waals surface area contributed by atoms with E-state index in [0.717, 1.165) is 36.8 Å². The molecule has 4 rings (SSSR count). The average molecular weight is 378 g/mol. The molecule has 3 N–H and O–H groups in total. The van der Waals surface area contributed by atoms with Gasteiger partial charge in [-0.1, -0.05) is 24.4 Å². The van der Waals surface area contributed by atoms with Gasteiger partial charge in [0.2, 0.25) is 0 Å². The SMILES string of the molecule is COC1CCCCC1Nc1nc(C2=CNC3NC=C(Cl)C=C23)ncc1F. The van der Waals surface area contributed by atoms with E-state index in [0.29, 0.717) is 10.9 Å². The lowest BCUT2D eigenvalue weighted by Gasteiger charge is -2.31. The minimum absolute atomic E-state index is 0.0439. The Morgan fingerprint density at radius 1 is 1.27 bits per heavy atom. The van der Waals surface area contributed by atoms with E-state index in [4.69, 9.17) is 16.3 Å². The highest BCUT2D eigenvalue weighted by molar-refractivity contribution is 6.31. The Hall–Kier alpha value is -2.12. The first-order valence-corrected chi connectivity index (χ1v) is 9.15. The molecule has 1 aromatic heterocycles. The topological polar surface area (TPSA) is 71.1 Å². The molecule has 0 radical (unpaired) electrons. The molecule has 1 aromatic rings. The predicted molar refractivity (Wildman–Crippen MR) is 98.7 cm³/mol. The number of aromatic nitrogens is 2. The van der Waals surface area contributed by atoms with E-state index in [2.05, 4.69) is 25.9 Å². The normalized spacial score (nSPS) is 27.5. The number of halogens is 2. The van der Waals surface area contributed by atoms with Crippen LogP contribution in [0, 0.1) is 5.82 Å². The van der Waals surface area contributed by atoms with E-state index in [9.17, 15) is 4.39 Å². The van der Waals surface area contributed by atoms with Crippen molar-refractivity contribution in [3.8, 4) is 0 Å². The number of hydrogen-bond acceptors (Lipinski definition) is 6. The fourth-order valence-corrected chi connectivity index (χ4v) is 3.84. The highest BCUT2D eigenvalue weighted by atomic mass is 35.5. The van der Waals surface area contributed by atoms with E-state index in [-0.39, 0.29) is 24.1 Å². The van der Waals surface area contributed by atoms with Gasteiger partial charge in [-0.25, -0.2) is 14.4 Å². The van der Waals surface area contributed by atoms with Gasteiger partial charge < -0.3 is 20.7 Å². The molecule has 0 amide bonds. The van der Waals surface area contributed by atoms with Crippen molar-refractivity contribution in [1.82, 2.24) is 20.6 Å². The van der Waals surface area contributed by atoms with Crippen LogP contribution in [0.2, 0.25) is 0 Å². The Labute approximate surface area is 156 Å². The molecule has 3 atom stereocenters. The van der Waals surface area contributed by atoms with Gasteiger partial charge in [-0.2, -0.15) is 0 Å². The van der Waals surface area contributed by atoms with Gasteiger partial charge in [0, 0.05) is 30.7 Å². The monoisotopic (exact) mass is 377 g/mol. The minimum Gasteiger partial charge on any atom is -0.379 e. The summed E-state index contributed by atoms with van der Waals surface area (Å²) < 4.78 is 19.9. The van der Waals surface area contributed by atoms with Gasteiger partial charge in [0.05, 0.1) is 23.4 Å². The van der Waals surface area contributed by atoms with Crippen molar-refractivity contribution < 1.29 is 9.13 Å². The number of rotatable bonds is 4. The molecule has 3 unspecified atom stereocenters. The second kappa shape index (κ2) is 7.25. The summed E-state index contributed by atoms with van der Waals surface area (Å²) in [5, 5.41) is 10.2. The summed E-state index contributed by atoms with van der Waals surface area (Å²) in [4.78, 5) is 8.61. The zero-order chi connectivity index (χ0) is 18.1. The van der Waals surface area contributed by atoms with Crippen LogP contribution in [0.3, 0.4) is 0 Å². The van der Waals surface area contributed by atoms with Crippen LogP contribution >= 0.6 is 11.6 Å². The highest BCUT2D eigenvalue weighted by Crippen LogP contribution is 2.32. The minimum atomic E-state index is -0.467. The first kappa shape index (κ1) is 17.3. The molecule has 138 valence electrons. The summed E-state index contributed by atoms with van der Waals surface area (Å²) in [5.74, 6) is 0.193.